The maximum atomic E-state index is 12.7. The van der Waals surface area contributed by atoms with Gasteiger partial charge in [0.1, 0.15) is 5.75 Å². The highest BCUT2D eigenvalue weighted by atomic mass is 32.2. The van der Waals surface area contributed by atoms with Gasteiger partial charge in [-0.1, -0.05) is 42.1 Å². The number of methoxy groups -OCH3 is 1. The summed E-state index contributed by atoms with van der Waals surface area (Å²) in [5, 5.41) is 9.68. The van der Waals surface area contributed by atoms with E-state index in [0.717, 1.165) is 41.0 Å². The van der Waals surface area contributed by atoms with E-state index < -0.39 is 0 Å². The quantitative estimate of drug-likeness (QED) is 0.450. The first-order valence-corrected chi connectivity index (χ1v) is 11.4. The molecule has 2 aromatic heterocycles. The number of amides is 1. The van der Waals surface area contributed by atoms with Crippen LogP contribution in [-0.2, 0) is 4.79 Å². The van der Waals surface area contributed by atoms with Crippen LogP contribution in [0.1, 0.15) is 0 Å². The lowest BCUT2D eigenvalue weighted by atomic mass is 10.2. The van der Waals surface area contributed by atoms with Crippen molar-refractivity contribution in [2.24, 2.45) is 0 Å². The first-order chi connectivity index (χ1) is 15.7. The molecule has 3 heterocycles. The zero-order valence-electron chi connectivity index (χ0n) is 17.7. The molecule has 9 heteroatoms. The van der Waals surface area contributed by atoms with Gasteiger partial charge in [-0.05, 0) is 18.2 Å². The number of aromatic amines is 1. The maximum Gasteiger partial charge on any atom is 0.277 e. The Hall–Kier alpha value is -3.46. The van der Waals surface area contributed by atoms with Gasteiger partial charge in [-0.2, -0.15) is 0 Å². The molecule has 0 saturated carbocycles. The van der Waals surface area contributed by atoms with Crippen LogP contribution in [0, 0.1) is 0 Å². The average Bonchev–Trinajstić information content (AvgIpc) is 3.49. The summed E-state index contributed by atoms with van der Waals surface area (Å²) in [6.45, 7) is 2.87. The molecule has 1 N–H and O–H groups in total. The number of hydrogen-bond acceptors (Lipinski definition) is 7. The van der Waals surface area contributed by atoms with Crippen molar-refractivity contribution in [3.8, 4) is 17.2 Å². The summed E-state index contributed by atoms with van der Waals surface area (Å²) in [7, 11) is 1.68. The minimum absolute atomic E-state index is 0.0709. The van der Waals surface area contributed by atoms with Crippen molar-refractivity contribution in [3.63, 3.8) is 0 Å². The summed E-state index contributed by atoms with van der Waals surface area (Å²) in [4.78, 5) is 20.1. The summed E-state index contributed by atoms with van der Waals surface area (Å²) < 4.78 is 11.3. The summed E-state index contributed by atoms with van der Waals surface area (Å²) in [5.41, 5.74) is 2.93. The van der Waals surface area contributed by atoms with Crippen LogP contribution in [0.3, 0.4) is 0 Å². The second-order valence-corrected chi connectivity index (χ2v) is 8.38. The first kappa shape index (κ1) is 20.4. The van der Waals surface area contributed by atoms with E-state index in [1.165, 1.54) is 11.8 Å². The number of carbonyl (C=O) groups excluding carboxylic acids is 1. The van der Waals surface area contributed by atoms with Crippen molar-refractivity contribution in [2.45, 2.75) is 5.22 Å². The molecule has 1 aliphatic rings. The third-order valence-corrected chi connectivity index (χ3v) is 6.41. The second-order valence-electron chi connectivity index (χ2n) is 7.45. The number of thioether (sulfide) groups is 1. The Morgan fingerprint density at radius 2 is 1.88 bits per heavy atom. The Bertz CT molecular complexity index is 1230. The van der Waals surface area contributed by atoms with Crippen LogP contribution in [0.25, 0.3) is 22.4 Å². The number of para-hydroxylation sites is 3. The molecule has 0 aliphatic carbocycles. The van der Waals surface area contributed by atoms with Crippen LogP contribution in [0.4, 0.5) is 5.69 Å². The van der Waals surface area contributed by atoms with Gasteiger partial charge in [0.25, 0.3) is 11.1 Å². The number of nitrogens with one attached hydrogen (secondary N) is 1. The molecule has 8 nitrogen and oxygen atoms in total. The second kappa shape index (κ2) is 8.96. The molecule has 1 aliphatic heterocycles. The molecule has 0 atom stereocenters. The number of nitrogens with zero attached hydrogens (tertiary/aromatic N) is 4. The number of fused-ring (bicyclic) bond motifs is 1. The molecule has 0 bridgehead atoms. The lowest BCUT2D eigenvalue weighted by Crippen LogP contribution is -2.49. The first-order valence-electron chi connectivity index (χ1n) is 10.4. The Morgan fingerprint density at radius 3 is 2.72 bits per heavy atom. The monoisotopic (exact) mass is 449 g/mol. The molecule has 0 radical (unpaired) electrons. The van der Waals surface area contributed by atoms with Gasteiger partial charge in [0.05, 0.1) is 24.1 Å². The third kappa shape index (κ3) is 4.03. The van der Waals surface area contributed by atoms with Gasteiger partial charge in [-0.15, -0.1) is 10.2 Å². The van der Waals surface area contributed by atoms with Crippen LogP contribution < -0.4 is 9.64 Å². The fraction of sp³-hybridized carbons (Fsp3) is 0.261. The lowest BCUT2D eigenvalue weighted by Gasteiger charge is -2.36. The van der Waals surface area contributed by atoms with Gasteiger partial charge in [-0.3, -0.25) is 4.79 Å². The normalized spacial score (nSPS) is 14.2. The van der Waals surface area contributed by atoms with Gasteiger partial charge in [0.15, 0.2) is 0 Å². The molecule has 164 valence electrons. The minimum atomic E-state index is 0.0709. The Morgan fingerprint density at radius 1 is 1.09 bits per heavy atom. The highest BCUT2D eigenvalue weighted by molar-refractivity contribution is 7.99. The van der Waals surface area contributed by atoms with Gasteiger partial charge in [0, 0.05) is 43.3 Å². The zero-order valence-corrected chi connectivity index (χ0v) is 18.5. The van der Waals surface area contributed by atoms with Crippen LogP contribution >= 0.6 is 11.8 Å². The van der Waals surface area contributed by atoms with Gasteiger partial charge in [0.2, 0.25) is 5.91 Å². The average molecular weight is 450 g/mol. The van der Waals surface area contributed by atoms with E-state index in [4.69, 9.17) is 9.15 Å². The van der Waals surface area contributed by atoms with Crippen LogP contribution in [0.5, 0.6) is 5.75 Å². The number of ether oxygens (including phenoxy) is 1. The fourth-order valence-corrected chi connectivity index (χ4v) is 4.59. The number of benzene rings is 2. The molecular formula is C23H23N5O3S. The van der Waals surface area contributed by atoms with E-state index in [-0.39, 0.29) is 11.7 Å². The van der Waals surface area contributed by atoms with Gasteiger partial charge < -0.3 is 23.9 Å². The number of rotatable bonds is 6. The topological polar surface area (TPSA) is 87.5 Å². The van der Waals surface area contributed by atoms with Gasteiger partial charge >= 0.3 is 0 Å². The van der Waals surface area contributed by atoms with Crippen LogP contribution in [0.2, 0.25) is 0 Å². The third-order valence-electron chi connectivity index (χ3n) is 5.60. The molecular weight excluding hydrogens is 426 g/mol. The fourth-order valence-electron chi connectivity index (χ4n) is 3.93. The predicted molar refractivity (Wildman–Crippen MR) is 124 cm³/mol. The molecule has 1 amide bonds. The highest BCUT2D eigenvalue weighted by Crippen LogP contribution is 2.30. The molecule has 1 saturated heterocycles. The van der Waals surface area contributed by atoms with E-state index in [0.29, 0.717) is 24.2 Å². The summed E-state index contributed by atoms with van der Waals surface area (Å²) in [5.74, 6) is 1.64. The number of aromatic nitrogens is 3. The number of anilines is 1. The molecule has 2 aromatic carbocycles. The lowest BCUT2D eigenvalue weighted by molar-refractivity contribution is -0.128. The number of carbonyl (C=O) groups is 1. The largest absolute Gasteiger partial charge is 0.495 e. The number of hydrogen-bond donors (Lipinski definition) is 1. The van der Waals surface area contributed by atoms with E-state index in [9.17, 15) is 4.79 Å². The zero-order chi connectivity index (χ0) is 21.9. The number of piperazine rings is 1. The Balaban J connectivity index is 1.17. The van der Waals surface area contributed by atoms with E-state index in [1.54, 1.807) is 7.11 Å². The Kier molecular flexibility index (Phi) is 5.72. The van der Waals surface area contributed by atoms with Crippen molar-refractivity contribution in [1.82, 2.24) is 20.1 Å². The van der Waals surface area contributed by atoms with Crippen molar-refractivity contribution in [1.29, 1.82) is 0 Å². The van der Waals surface area contributed by atoms with Crippen LogP contribution in [-0.4, -0.2) is 65.0 Å². The minimum Gasteiger partial charge on any atom is -0.495 e. The maximum absolute atomic E-state index is 12.7. The Labute approximate surface area is 189 Å². The predicted octanol–water partition coefficient (Wildman–Crippen LogP) is 3.67. The molecule has 0 unspecified atom stereocenters. The standard InChI is InChI=1S/C23H23N5O3S/c1-30-20-9-5-4-8-19(20)27-10-12-28(13-11-27)21(29)15-32-23-26-25-22(31-23)17-14-24-18-7-3-2-6-16(17)18/h2-9,14,24H,10-13,15H2,1H3. The van der Waals surface area contributed by atoms with E-state index in [2.05, 4.69) is 20.1 Å². The van der Waals surface area contributed by atoms with Crippen molar-refractivity contribution < 1.29 is 13.9 Å². The van der Waals surface area contributed by atoms with Crippen molar-refractivity contribution >= 4 is 34.3 Å². The highest BCUT2D eigenvalue weighted by Gasteiger charge is 2.23. The van der Waals surface area contributed by atoms with Gasteiger partial charge in [-0.25, -0.2) is 0 Å². The molecule has 5 rings (SSSR count). The SMILES string of the molecule is COc1ccccc1N1CCN(C(=O)CSc2nnc(-c3c[nH]c4ccccc34)o2)CC1. The molecule has 4 aromatic rings. The van der Waals surface area contributed by atoms with Crippen LogP contribution in [0.15, 0.2) is 64.4 Å². The van der Waals surface area contributed by atoms with Crippen molar-refractivity contribution in [3.05, 3.63) is 54.7 Å². The van der Waals surface area contributed by atoms with E-state index in [1.807, 2.05) is 59.6 Å². The van der Waals surface area contributed by atoms with Crippen molar-refractivity contribution in [2.75, 3.05) is 43.9 Å². The smallest absolute Gasteiger partial charge is 0.277 e. The van der Waals surface area contributed by atoms with E-state index >= 15 is 0 Å². The number of H-pyrrole nitrogens is 1. The summed E-state index contributed by atoms with van der Waals surface area (Å²) in [6, 6.07) is 15.9. The summed E-state index contributed by atoms with van der Waals surface area (Å²) in [6.07, 6.45) is 1.86. The molecule has 32 heavy (non-hydrogen) atoms. The summed E-state index contributed by atoms with van der Waals surface area (Å²) >= 11 is 1.27. The molecule has 0 spiro atoms. The molecule has 1 fully saturated rings.